The molecule has 13 nitrogen and oxygen atoms in total. The molecule has 0 amide bonds. The molecule has 2 aromatic carbocycles. The fourth-order valence-corrected chi connectivity index (χ4v) is 6.26. The lowest BCUT2D eigenvalue weighted by molar-refractivity contribution is -0.356. The van der Waals surface area contributed by atoms with Gasteiger partial charge in [-0.1, -0.05) is 24.3 Å². The van der Waals surface area contributed by atoms with Crippen LogP contribution in [0.2, 0.25) is 0 Å². The first-order chi connectivity index (χ1) is 18.1. The van der Waals surface area contributed by atoms with Gasteiger partial charge in [-0.3, -0.25) is 4.84 Å². The highest BCUT2D eigenvalue weighted by molar-refractivity contribution is 7.90. The molecule has 0 unspecified atom stereocenters. The maximum Gasteiger partial charge on any atom is 0.335 e. The van der Waals surface area contributed by atoms with E-state index in [4.69, 9.17) is 9.57 Å². The van der Waals surface area contributed by atoms with Gasteiger partial charge in [0.2, 0.25) is 6.29 Å². The van der Waals surface area contributed by atoms with Crippen LogP contribution >= 0.6 is 0 Å². The summed E-state index contributed by atoms with van der Waals surface area (Å²) in [5.41, 5.74) is 1.73. The Labute approximate surface area is 218 Å². The zero-order valence-corrected chi connectivity index (χ0v) is 21.2. The number of aliphatic hydroxyl groups is 3. The van der Waals surface area contributed by atoms with Gasteiger partial charge in [-0.05, 0) is 31.2 Å². The highest BCUT2D eigenvalue weighted by atomic mass is 32.2. The molecule has 0 radical (unpaired) electrons. The van der Waals surface area contributed by atoms with E-state index in [0.29, 0.717) is 43.0 Å². The Morgan fingerprint density at radius 2 is 1.66 bits per heavy atom. The molecule has 5 rings (SSSR count). The Balaban J connectivity index is 1.33. The van der Waals surface area contributed by atoms with Gasteiger partial charge in [-0.2, -0.15) is 5.06 Å². The van der Waals surface area contributed by atoms with Crippen LogP contribution in [-0.4, -0.2) is 106 Å². The zero-order chi connectivity index (χ0) is 27.2. The van der Waals surface area contributed by atoms with E-state index in [-0.39, 0.29) is 4.90 Å². The molecule has 2 fully saturated rings. The van der Waals surface area contributed by atoms with Crippen molar-refractivity contribution in [3.8, 4) is 0 Å². The van der Waals surface area contributed by atoms with Crippen LogP contribution in [0.5, 0.6) is 0 Å². The van der Waals surface area contributed by atoms with E-state index in [1.165, 1.54) is 21.2 Å². The minimum Gasteiger partial charge on any atom is -0.479 e. The number of anilines is 1. The summed E-state index contributed by atoms with van der Waals surface area (Å²) in [6.07, 6.45) is -8.42. The van der Waals surface area contributed by atoms with Gasteiger partial charge in [0.25, 0.3) is 10.0 Å². The van der Waals surface area contributed by atoms with Gasteiger partial charge in [0.15, 0.2) is 6.10 Å². The molecule has 3 heterocycles. The molecule has 5 atom stereocenters. The van der Waals surface area contributed by atoms with E-state index in [0.717, 1.165) is 5.69 Å². The summed E-state index contributed by atoms with van der Waals surface area (Å²) in [5, 5.41) is 40.8. The van der Waals surface area contributed by atoms with Gasteiger partial charge >= 0.3 is 5.97 Å². The molecule has 2 saturated heterocycles. The Kier molecular flexibility index (Phi) is 7.13. The van der Waals surface area contributed by atoms with E-state index >= 15 is 0 Å². The number of aryl methyl sites for hydroxylation is 1. The number of ether oxygens (including phenoxy) is 1. The highest BCUT2D eigenvalue weighted by Gasteiger charge is 2.48. The smallest absolute Gasteiger partial charge is 0.335 e. The molecule has 0 saturated carbocycles. The average Bonchev–Trinajstić information content (AvgIpc) is 3.26. The van der Waals surface area contributed by atoms with Gasteiger partial charge in [0, 0.05) is 26.2 Å². The van der Waals surface area contributed by atoms with Gasteiger partial charge in [-0.25, -0.2) is 22.2 Å². The maximum absolute atomic E-state index is 13.4. The van der Waals surface area contributed by atoms with Crippen molar-refractivity contribution in [3.63, 3.8) is 0 Å². The summed E-state index contributed by atoms with van der Waals surface area (Å²) < 4.78 is 33.2. The molecule has 0 aliphatic carbocycles. The van der Waals surface area contributed by atoms with Crippen molar-refractivity contribution in [1.82, 2.24) is 14.0 Å². The number of fused-ring (bicyclic) bond motifs is 1. The topological polar surface area (TPSA) is 175 Å². The molecule has 3 aromatic rings. The van der Waals surface area contributed by atoms with E-state index in [2.05, 4.69) is 4.98 Å². The number of imidazole rings is 1. The number of carboxylic acid groups (broad SMARTS) is 1. The molecular formula is C24H28N4O9S. The molecular weight excluding hydrogens is 520 g/mol. The SMILES string of the molecule is Cc1nc2c(N3CCN(O[C@@H]4O[C@H](C(=O)O)[C@@H](O)[C@H](O)[C@H]4O)CC3)cccc2n1S(=O)(=O)c1ccccc1. The Hall–Kier alpha value is -3.11. The number of nitrogens with zero attached hydrogens (tertiary/aromatic N) is 4. The van der Waals surface area contributed by atoms with Crippen LogP contribution in [0.15, 0.2) is 53.4 Å². The van der Waals surface area contributed by atoms with Crippen LogP contribution in [-0.2, 0) is 24.4 Å². The van der Waals surface area contributed by atoms with E-state index in [1.54, 1.807) is 37.3 Å². The second-order valence-corrected chi connectivity index (χ2v) is 10.9. The number of rotatable bonds is 6. The standard InChI is InChI=1S/C24H28N4O9S/c1-14-25-18-16(8-5-9-17(18)28(14)38(34,35)15-6-3-2-4-7-15)26-10-12-27(13-11-26)37-24-21(31)19(29)20(30)22(36-24)23(32)33/h2-9,19-22,24,29-31H,10-13H2,1H3,(H,32,33)/t19-,20-,21+,22-,24-/m0/s1. The van der Waals surface area contributed by atoms with E-state index in [1.807, 2.05) is 11.0 Å². The summed E-state index contributed by atoms with van der Waals surface area (Å²) in [7, 11) is -3.86. The number of aliphatic hydroxyl groups excluding tert-OH is 3. The van der Waals surface area contributed by atoms with E-state index < -0.39 is 46.7 Å². The van der Waals surface area contributed by atoms with Crippen molar-refractivity contribution in [3.05, 3.63) is 54.4 Å². The van der Waals surface area contributed by atoms with Crippen molar-refractivity contribution in [2.24, 2.45) is 0 Å². The Bertz CT molecular complexity index is 1420. The van der Waals surface area contributed by atoms with Crippen molar-refractivity contribution in [2.75, 3.05) is 31.1 Å². The predicted octanol–water partition coefficient (Wildman–Crippen LogP) is -0.472. The number of hydroxylamine groups is 2. The van der Waals surface area contributed by atoms with Crippen LogP contribution < -0.4 is 4.90 Å². The molecule has 2 aliphatic heterocycles. The van der Waals surface area contributed by atoms with Gasteiger partial charge in [0.1, 0.15) is 29.7 Å². The van der Waals surface area contributed by atoms with Crippen LogP contribution in [0.25, 0.3) is 11.0 Å². The molecule has 204 valence electrons. The lowest BCUT2D eigenvalue weighted by atomic mass is 9.99. The predicted molar refractivity (Wildman–Crippen MR) is 133 cm³/mol. The normalized spacial score (nSPS) is 27.1. The molecule has 14 heteroatoms. The molecule has 1 aromatic heterocycles. The number of carboxylic acids is 1. The Morgan fingerprint density at radius 3 is 2.32 bits per heavy atom. The third-order valence-electron chi connectivity index (χ3n) is 6.71. The molecule has 4 N–H and O–H groups in total. The van der Waals surface area contributed by atoms with Crippen molar-refractivity contribution >= 4 is 32.7 Å². The van der Waals surface area contributed by atoms with E-state index in [9.17, 15) is 33.6 Å². The number of hydrogen-bond donors (Lipinski definition) is 4. The van der Waals surface area contributed by atoms with Crippen molar-refractivity contribution in [1.29, 1.82) is 0 Å². The summed E-state index contributed by atoms with van der Waals surface area (Å²) in [6.45, 7) is 3.16. The first kappa shape index (κ1) is 26.5. The van der Waals surface area contributed by atoms with Gasteiger partial charge in [-0.15, -0.1) is 0 Å². The molecule has 0 bridgehead atoms. The minimum atomic E-state index is -3.86. The van der Waals surface area contributed by atoms with Crippen molar-refractivity contribution in [2.45, 2.75) is 42.5 Å². The largest absolute Gasteiger partial charge is 0.479 e. The van der Waals surface area contributed by atoms with Crippen LogP contribution in [0.4, 0.5) is 5.69 Å². The highest BCUT2D eigenvalue weighted by Crippen LogP contribution is 2.31. The maximum atomic E-state index is 13.4. The quantitative estimate of drug-likeness (QED) is 0.312. The number of benzene rings is 2. The summed E-state index contributed by atoms with van der Waals surface area (Å²) in [4.78, 5) is 23.7. The monoisotopic (exact) mass is 548 g/mol. The number of aromatic nitrogens is 2. The third kappa shape index (κ3) is 4.64. The van der Waals surface area contributed by atoms with Crippen LogP contribution in [0.3, 0.4) is 0 Å². The molecule has 0 spiro atoms. The average molecular weight is 549 g/mol. The molecule has 38 heavy (non-hydrogen) atoms. The number of piperazine rings is 1. The van der Waals surface area contributed by atoms with Crippen molar-refractivity contribution < 1.29 is 43.2 Å². The fraction of sp³-hybridized carbons (Fsp3) is 0.417. The first-order valence-electron chi connectivity index (χ1n) is 12.0. The second-order valence-electron chi connectivity index (χ2n) is 9.14. The number of para-hydroxylation sites is 1. The summed E-state index contributed by atoms with van der Waals surface area (Å²) in [6, 6.07) is 13.5. The number of carbonyl (C=O) groups is 1. The lowest BCUT2D eigenvalue weighted by Crippen LogP contribution is -2.62. The second kappa shape index (κ2) is 10.2. The Morgan fingerprint density at radius 1 is 0.974 bits per heavy atom. The van der Waals surface area contributed by atoms with Crippen LogP contribution in [0, 0.1) is 6.92 Å². The number of aliphatic carboxylic acids is 1. The van der Waals surface area contributed by atoms with Crippen LogP contribution in [0.1, 0.15) is 5.82 Å². The fourth-order valence-electron chi connectivity index (χ4n) is 4.76. The number of hydrogen-bond acceptors (Lipinski definition) is 11. The first-order valence-corrected chi connectivity index (χ1v) is 13.4. The van der Waals surface area contributed by atoms with Gasteiger partial charge < -0.3 is 30.1 Å². The summed E-state index contributed by atoms with van der Waals surface area (Å²) >= 11 is 0. The van der Waals surface area contributed by atoms with Gasteiger partial charge in [0.05, 0.1) is 16.1 Å². The lowest BCUT2D eigenvalue weighted by Gasteiger charge is -2.42. The minimum absolute atomic E-state index is 0.161. The third-order valence-corrected chi connectivity index (χ3v) is 8.52. The zero-order valence-electron chi connectivity index (χ0n) is 20.4. The summed E-state index contributed by atoms with van der Waals surface area (Å²) in [5.74, 6) is -1.16. The molecule has 2 aliphatic rings.